The van der Waals surface area contributed by atoms with Gasteiger partial charge in [0.1, 0.15) is 5.82 Å². The number of anilines is 1. The van der Waals surface area contributed by atoms with Crippen molar-refractivity contribution in [1.82, 2.24) is 5.32 Å². The lowest BCUT2D eigenvalue weighted by molar-refractivity contribution is 0.408. The molecule has 0 aliphatic heterocycles. The third-order valence-electron chi connectivity index (χ3n) is 5.29. The second-order valence-corrected chi connectivity index (χ2v) is 7.33. The predicted octanol–water partition coefficient (Wildman–Crippen LogP) is 5.16. The van der Waals surface area contributed by atoms with Gasteiger partial charge in [0.05, 0.1) is 6.04 Å². The Labute approximate surface area is 145 Å². The molecule has 2 N–H and O–H groups in total. The number of hydrogen-bond donors (Lipinski definition) is 2. The first-order valence-electron chi connectivity index (χ1n) is 9.58. The van der Waals surface area contributed by atoms with Crippen molar-refractivity contribution < 1.29 is 4.39 Å². The standard InChI is InChI=1S/C20H30FN3/c1-15-12-13-16(21)14-19(15)24-20(22-17-8-4-2-5-9-17)23-18-10-6-3-7-11-18/h12-14,17-18H,2-11H2,1H3,(H2,22,23,24). The van der Waals surface area contributed by atoms with Crippen LogP contribution in [-0.4, -0.2) is 18.0 Å². The molecule has 0 heterocycles. The van der Waals surface area contributed by atoms with Crippen LogP contribution in [0, 0.1) is 12.7 Å². The van der Waals surface area contributed by atoms with Gasteiger partial charge in [-0.15, -0.1) is 0 Å². The molecule has 0 atom stereocenters. The highest BCUT2D eigenvalue weighted by molar-refractivity contribution is 5.94. The summed E-state index contributed by atoms with van der Waals surface area (Å²) >= 11 is 0. The molecule has 0 bridgehead atoms. The van der Waals surface area contributed by atoms with E-state index in [-0.39, 0.29) is 5.82 Å². The zero-order chi connectivity index (χ0) is 16.8. The average Bonchev–Trinajstić information content (AvgIpc) is 2.60. The molecular formula is C20H30FN3. The van der Waals surface area contributed by atoms with E-state index in [1.165, 1.54) is 70.3 Å². The van der Waals surface area contributed by atoms with Gasteiger partial charge in [0.2, 0.25) is 0 Å². The molecule has 0 spiro atoms. The van der Waals surface area contributed by atoms with E-state index in [9.17, 15) is 4.39 Å². The Balaban J connectivity index is 1.74. The molecule has 132 valence electrons. The summed E-state index contributed by atoms with van der Waals surface area (Å²) in [6.45, 7) is 2.00. The summed E-state index contributed by atoms with van der Waals surface area (Å²) < 4.78 is 13.6. The number of rotatable bonds is 3. The second-order valence-electron chi connectivity index (χ2n) is 7.33. The largest absolute Gasteiger partial charge is 0.353 e. The minimum atomic E-state index is -0.210. The Hall–Kier alpha value is -1.58. The molecule has 2 saturated carbocycles. The van der Waals surface area contributed by atoms with Gasteiger partial charge in [-0.3, -0.25) is 0 Å². The summed E-state index contributed by atoms with van der Waals surface area (Å²) in [6, 6.07) is 5.77. The number of benzene rings is 1. The lowest BCUT2D eigenvalue weighted by atomic mass is 9.95. The van der Waals surface area contributed by atoms with Crippen LogP contribution in [0.4, 0.5) is 10.1 Å². The SMILES string of the molecule is Cc1ccc(F)cc1NC(=NC1CCCCC1)NC1CCCCC1. The van der Waals surface area contributed by atoms with E-state index in [1.807, 2.05) is 13.0 Å². The van der Waals surface area contributed by atoms with E-state index in [2.05, 4.69) is 10.6 Å². The van der Waals surface area contributed by atoms with Crippen molar-refractivity contribution in [3.05, 3.63) is 29.6 Å². The van der Waals surface area contributed by atoms with Gasteiger partial charge < -0.3 is 10.6 Å². The fraction of sp³-hybridized carbons (Fsp3) is 0.650. The van der Waals surface area contributed by atoms with E-state index in [1.54, 1.807) is 6.07 Å². The maximum atomic E-state index is 13.6. The molecule has 3 nitrogen and oxygen atoms in total. The number of guanidine groups is 1. The zero-order valence-electron chi connectivity index (χ0n) is 14.8. The van der Waals surface area contributed by atoms with E-state index < -0.39 is 0 Å². The van der Waals surface area contributed by atoms with Crippen molar-refractivity contribution in [2.24, 2.45) is 4.99 Å². The van der Waals surface area contributed by atoms with Crippen molar-refractivity contribution >= 4 is 11.6 Å². The third kappa shape index (κ3) is 4.96. The van der Waals surface area contributed by atoms with Crippen LogP contribution < -0.4 is 10.6 Å². The molecule has 1 aromatic carbocycles. The summed E-state index contributed by atoms with van der Waals surface area (Å²) in [7, 11) is 0. The van der Waals surface area contributed by atoms with Crippen LogP contribution in [0.5, 0.6) is 0 Å². The first-order chi connectivity index (χ1) is 11.7. The molecular weight excluding hydrogens is 301 g/mol. The highest BCUT2D eigenvalue weighted by Gasteiger charge is 2.18. The van der Waals surface area contributed by atoms with Crippen LogP contribution in [-0.2, 0) is 0 Å². The molecule has 1 aromatic rings. The smallest absolute Gasteiger partial charge is 0.196 e. The molecule has 24 heavy (non-hydrogen) atoms. The number of hydrogen-bond acceptors (Lipinski definition) is 1. The van der Waals surface area contributed by atoms with Crippen molar-refractivity contribution in [2.75, 3.05) is 5.32 Å². The Morgan fingerprint density at radius 2 is 1.67 bits per heavy atom. The normalized spacial score (nSPS) is 20.8. The molecule has 0 radical (unpaired) electrons. The zero-order valence-corrected chi connectivity index (χ0v) is 14.8. The quantitative estimate of drug-likeness (QED) is 0.593. The molecule has 0 amide bonds. The highest BCUT2D eigenvalue weighted by Crippen LogP contribution is 2.22. The number of aliphatic imine (C=N–C) groups is 1. The van der Waals surface area contributed by atoms with Gasteiger partial charge in [-0.2, -0.15) is 0 Å². The summed E-state index contributed by atoms with van der Waals surface area (Å²) in [5, 5.41) is 7.00. The first-order valence-corrected chi connectivity index (χ1v) is 9.58. The summed E-state index contributed by atoms with van der Waals surface area (Å²) in [6.07, 6.45) is 12.5. The number of nitrogens with one attached hydrogen (secondary N) is 2. The van der Waals surface area contributed by atoms with Gasteiger partial charge in [0, 0.05) is 11.7 Å². The maximum Gasteiger partial charge on any atom is 0.196 e. The van der Waals surface area contributed by atoms with E-state index >= 15 is 0 Å². The topological polar surface area (TPSA) is 36.4 Å². The lowest BCUT2D eigenvalue weighted by Gasteiger charge is -2.27. The summed E-state index contributed by atoms with van der Waals surface area (Å²) in [4.78, 5) is 4.97. The van der Waals surface area contributed by atoms with Crippen LogP contribution in [0.15, 0.2) is 23.2 Å². The predicted molar refractivity (Wildman–Crippen MR) is 99.1 cm³/mol. The minimum Gasteiger partial charge on any atom is -0.353 e. The first kappa shape index (κ1) is 17.2. The van der Waals surface area contributed by atoms with E-state index in [0.717, 1.165) is 17.2 Å². The van der Waals surface area contributed by atoms with Crippen molar-refractivity contribution in [2.45, 2.75) is 83.2 Å². The third-order valence-corrected chi connectivity index (χ3v) is 5.29. The van der Waals surface area contributed by atoms with Crippen molar-refractivity contribution in [3.8, 4) is 0 Å². The molecule has 2 fully saturated rings. The maximum absolute atomic E-state index is 13.6. The summed E-state index contributed by atoms with van der Waals surface area (Å²) in [5.74, 6) is 0.625. The van der Waals surface area contributed by atoms with Crippen LogP contribution in [0.3, 0.4) is 0 Å². The molecule has 0 saturated heterocycles. The number of halogens is 1. The highest BCUT2D eigenvalue weighted by atomic mass is 19.1. The molecule has 0 aromatic heterocycles. The van der Waals surface area contributed by atoms with E-state index in [0.29, 0.717) is 12.1 Å². The second kappa shape index (κ2) is 8.50. The number of aryl methyl sites for hydroxylation is 1. The fourth-order valence-electron chi connectivity index (χ4n) is 3.80. The molecule has 0 unspecified atom stereocenters. The number of nitrogens with zero attached hydrogens (tertiary/aromatic N) is 1. The van der Waals surface area contributed by atoms with E-state index in [4.69, 9.17) is 4.99 Å². The Bertz CT molecular complexity index is 558. The van der Waals surface area contributed by atoms with Gasteiger partial charge in [0.25, 0.3) is 0 Å². The van der Waals surface area contributed by atoms with Crippen LogP contribution in [0.25, 0.3) is 0 Å². The Morgan fingerprint density at radius 3 is 2.38 bits per heavy atom. The molecule has 2 aliphatic carbocycles. The molecule has 2 aliphatic rings. The van der Waals surface area contributed by atoms with Gasteiger partial charge in [0.15, 0.2) is 5.96 Å². The Morgan fingerprint density at radius 1 is 1.00 bits per heavy atom. The van der Waals surface area contributed by atoms with Crippen molar-refractivity contribution in [1.29, 1.82) is 0 Å². The van der Waals surface area contributed by atoms with Gasteiger partial charge >= 0.3 is 0 Å². The van der Waals surface area contributed by atoms with Crippen LogP contribution in [0.2, 0.25) is 0 Å². The lowest BCUT2D eigenvalue weighted by Crippen LogP contribution is -2.41. The Kier molecular flexibility index (Phi) is 6.11. The van der Waals surface area contributed by atoms with Gasteiger partial charge in [-0.25, -0.2) is 9.38 Å². The fourth-order valence-corrected chi connectivity index (χ4v) is 3.80. The summed E-state index contributed by atoms with van der Waals surface area (Å²) in [5.41, 5.74) is 1.85. The van der Waals surface area contributed by atoms with Crippen LogP contribution >= 0.6 is 0 Å². The van der Waals surface area contributed by atoms with Crippen molar-refractivity contribution in [3.63, 3.8) is 0 Å². The molecule has 3 rings (SSSR count). The van der Waals surface area contributed by atoms with Gasteiger partial charge in [-0.1, -0.05) is 44.6 Å². The average molecular weight is 331 g/mol. The monoisotopic (exact) mass is 331 g/mol. The van der Waals surface area contributed by atoms with Gasteiger partial charge in [-0.05, 0) is 50.3 Å². The minimum absolute atomic E-state index is 0.210. The molecule has 4 heteroatoms. The van der Waals surface area contributed by atoms with Crippen LogP contribution in [0.1, 0.15) is 69.8 Å².